The van der Waals surface area contributed by atoms with Crippen LogP contribution < -0.4 is 10.0 Å². The average Bonchev–Trinajstić information content (AvgIpc) is 3.66. The lowest BCUT2D eigenvalue weighted by molar-refractivity contribution is 0.0930. The molecule has 0 radical (unpaired) electrons. The SMILES string of the molecule is Cc1c(-c2ccc(C(=O)NC3(c4csc(NS(=O)(=O)C5CC5)n4)CC3)cc2)cnn1C. The molecule has 0 spiro atoms. The molecular weight excluding hydrogens is 434 g/mol. The van der Waals surface area contributed by atoms with Crippen LogP contribution in [0.5, 0.6) is 0 Å². The number of hydrogen-bond donors (Lipinski definition) is 2. The fourth-order valence-corrected chi connectivity index (χ4v) is 5.97. The number of hydrogen-bond acceptors (Lipinski definition) is 6. The van der Waals surface area contributed by atoms with Gasteiger partial charge in [-0.1, -0.05) is 12.1 Å². The van der Waals surface area contributed by atoms with Crippen molar-refractivity contribution in [2.75, 3.05) is 4.72 Å². The van der Waals surface area contributed by atoms with Crippen LogP contribution in [0.1, 0.15) is 47.4 Å². The summed E-state index contributed by atoms with van der Waals surface area (Å²) in [5.41, 5.74) is 3.87. The summed E-state index contributed by atoms with van der Waals surface area (Å²) >= 11 is 1.25. The van der Waals surface area contributed by atoms with Gasteiger partial charge >= 0.3 is 0 Å². The van der Waals surface area contributed by atoms with Gasteiger partial charge in [0.05, 0.1) is 22.7 Å². The molecule has 2 aliphatic rings. The summed E-state index contributed by atoms with van der Waals surface area (Å²) in [5.74, 6) is -0.167. The van der Waals surface area contributed by atoms with Gasteiger partial charge in [0, 0.05) is 29.2 Å². The van der Waals surface area contributed by atoms with Crippen LogP contribution in [0.2, 0.25) is 0 Å². The molecule has 5 rings (SSSR count). The Labute approximate surface area is 184 Å². The minimum atomic E-state index is -3.34. The van der Waals surface area contributed by atoms with E-state index in [1.807, 2.05) is 54.5 Å². The van der Waals surface area contributed by atoms with E-state index in [0.29, 0.717) is 29.2 Å². The van der Waals surface area contributed by atoms with Gasteiger partial charge in [0.25, 0.3) is 5.91 Å². The minimum absolute atomic E-state index is 0.167. The molecule has 2 aliphatic carbocycles. The molecule has 0 saturated heterocycles. The van der Waals surface area contributed by atoms with E-state index < -0.39 is 15.6 Å². The van der Waals surface area contributed by atoms with E-state index in [9.17, 15) is 13.2 Å². The maximum atomic E-state index is 12.9. The van der Waals surface area contributed by atoms with Crippen LogP contribution in [0.25, 0.3) is 11.1 Å². The molecule has 31 heavy (non-hydrogen) atoms. The summed E-state index contributed by atoms with van der Waals surface area (Å²) in [4.78, 5) is 17.3. The summed E-state index contributed by atoms with van der Waals surface area (Å²) in [7, 11) is -1.44. The van der Waals surface area contributed by atoms with E-state index in [-0.39, 0.29) is 11.2 Å². The van der Waals surface area contributed by atoms with Gasteiger partial charge in [-0.2, -0.15) is 5.10 Å². The number of nitrogens with one attached hydrogen (secondary N) is 2. The molecule has 2 fully saturated rings. The normalized spacial score (nSPS) is 17.4. The standard InChI is InChI=1S/C21H23N5O3S2/c1-13-17(11-22-26(13)2)14-3-5-15(6-4-14)19(27)24-21(9-10-21)18-12-30-20(23-18)25-31(28,29)16-7-8-16/h3-6,11-12,16H,7-10H2,1-2H3,(H,23,25)(H,24,27). The van der Waals surface area contributed by atoms with E-state index in [4.69, 9.17) is 0 Å². The molecule has 2 aromatic heterocycles. The lowest BCUT2D eigenvalue weighted by Crippen LogP contribution is -2.35. The zero-order chi connectivity index (χ0) is 21.8. The first-order valence-electron chi connectivity index (χ1n) is 10.2. The monoisotopic (exact) mass is 457 g/mol. The third-order valence-corrected chi connectivity index (χ3v) is 8.70. The van der Waals surface area contributed by atoms with E-state index in [1.165, 1.54) is 11.3 Å². The van der Waals surface area contributed by atoms with Crippen molar-refractivity contribution in [2.24, 2.45) is 7.05 Å². The highest BCUT2D eigenvalue weighted by molar-refractivity contribution is 7.93. The number of rotatable bonds is 7. The quantitative estimate of drug-likeness (QED) is 0.567. The number of benzene rings is 1. The number of sulfonamides is 1. The number of aromatic nitrogens is 3. The molecule has 0 unspecified atom stereocenters. The highest BCUT2D eigenvalue weighted by Gasteiger charge is 2.48. The average molecular weight is 458 g/mol. The van der Waals surface area contributed by atoms with Crippen molar-refractivity contribution in [3.8, 4) is 11.1 Å². The molecular formula is C21H23N5O3S2. The number of nitrogens with zero attached hydrogens (tertiary/aromatic N) is 3. The van der Waals surface area contributed by atoms with E-state index in [2.05, 4.69) is 20.1 Å². The summed E-state index contributed by atoms with van der Waals surface area (Å²) < 4.78 is 28.7. The Morgan fingerprint density at radius 2 is 1.94 bits per heavy atom. The molecule has 1 amide bonds. The van der Waals surface area contributed by atoms with Crippen molar-refractivity contribution >= 4 is 32.4 Å². The van der Waals surface area contributed by atoms with E-state index in [1.54, 1.807) is 0 Å². The fourth-order valence-electron chi connectivity index (χ4n) is 3.57. The van der Waals surface area contributed by atoms with Gasteiger partial charge in [-0.05, 0) is 50.3 Å². The largest absolute Gasteiger partial charge is 0.341 e. The van der Waals surface area contributed by atoms with Crippen LogP contribution in [0.15, 0.2) is 35.8 Å². The maximum absolute atomic E-state index is 12.9. The zero-order valence-corrected chi connectivity index (χ0v) is 18.9. The topological polar surface area (TPSA) is 106 Å². The molecule has 10 heteroatoms. The molecule has 2 saturated carbocycles. The molecule has 8 nitrogen and oxygen atoms in total. The first kappa shape index (κ1) is 20.2. The molecule has 0 aliphatic heterocycles. The van der Waals surface area contributed by atoms with Crippen LogP contribution in [-0.2, 0) is 22.6 Å². The Morgan fingerprint density at radius 1 is 1.23 bits per heavy atom. The molecule has 162 valence electrons. The van der Waals surface area contributed by atoms with Gasteiger partial charge in [0.2, 0.25) is 10.0 Å². The van der Waals surface area contributed by atoms with Crippen LogP contribution in [0.4, 0.5) is 5.13 Å². The predicted octanol–water partition coefficient (Wildman–Crippen LogP) is 3.18. The first-order valence-corrected chi connectivity index (χ1v) is 12.6. The van der Waals surface area contributed by atoms with Gasteiger partial charge in [-0.3, -0.25) is 14.2 Å². The Balaban J connectivity index is 1.28. The third-order valence-electron chi connectivity index (χ3n) is 5.98. The number of aryl methyl sites for hydroxylation is 1. The Kier molecular flexibility index (Phi) is 4.67. The number of carbonyl (C=O) groups excluding carboxylic acids is 1. The molecule has 2 heterocycles. The Hall–Kier alpha value is -2.72. The summed E-state index contributed by atoms with van der Waals surface area (Å²) in [5, 5.41) is 9.25. The van der Waals surface area contributed by atoms with Gasteiger partial charge in [-0.15, -0.1) is 11.3 Å². The van der Waals surface area contributed by atoms with Gasteiger partial charge in [0.15, 0.2) is 5.13 Å². The van der Waals surface area contributed by atoms with E-state index in [0.717, 1.165) is 29.7 Å². The molecule has 0 bridgehead atoms. The number of anilines is 1. The number of amides is 1. The van der Waals surface area contributed by atoms with Crippen molar-refractivity contribution in [3.05, 3.63) is 52.8 Å². The summed E-state index contributed by atoms with van der Waals surface area (Å²) in [6, 6.07) is 7.46. The van der Waals surface area contributed by atoms with Gasteiger partial charge < -0.3 is 5.32 Å². The van der Waals surface area contributed by atoms with E-state index >= 15 is 0 Å². The second kappa shape index (κ2) is 7.16. The van der Waals surface area contributed by atoms with Crippen molar-refractivity contribution in [3.63, 3.8) is 0 Å². The molecule has 1 aromatic carbocycles. The van der Waals surface area contributed by atoms with Crippen molar-refractivity contribution in [1.29, 1.82) is 0 Å². The second-order valence-electron chi connectivity index (χ2n) is 8.27. The number of thiazole rings is 1. The van der Waals surface area contributed by atoms with Gasteiger partial charge in [-0.25, -0.2) is 13.4 Å². The van der Waals surface area contributed by atoms with Crippen molar-refractivity contribution < 1.29 is 13.2 Å². The smallest absolute Gasteiger partial charge is 0.252 e. The molecule has 2 N–H and O–H groups in total. The van der Waals surface area contributed by atoms with Crippen molar-refractivity contribution in [1.82, 2.24) is 20.1 Å². The number of carbonyl (C=O) groups is 1. The third kappa shape index (κ3) is 3.85. The molecule has 0 atom stereocenters. The van der Waals surface area contributed by atoms with Crippen LogP contribution in [0.3, 0.4) is 0 Å². The Morgan fingerprint density at radius 3 is 2.52 bits per heavy atom. The maximum Gasteiger partial charge on any atom is 0.252 e. The van der Waals surface area contributed by atoms with Gasteiger partial charge in [0.1, 0.15) is 0 Å². The van der Waals surface area contributed by atoms with Crippen molar-refractivity contribution in [2.45, 2.75) is 43.4 Å². The highest BCUT2D eigenvalue weighted by Crippen LogP contribution is 2.46. The predicted molar refractivity (Wildman–Crippen MR) is 119 cm³/mol. The van der Waals surface area contributed by atoms with Crippen LogP contribution in [-0.4, -0.2) is 34.3 Å². The highest BCUT2D eigenvalue weighted by atomic mass is 32.2. The van der Waals surface area contributed by atoms with Crippen LogP contribution in [0, 0.1) is 6.92 Å². The summed E-state index contributed by atoms with van der Waals surface area (Å²) in [6.07, 6.45) is 4.79. The Bertz CT molecular complexity index is 1250. The van der Waals surface area contributed by atoms with Crippen LogP contribution >= 0.6 is 11.3 Å². The zero-order valence-electron chi connectivity index (χ0n) is 17.3. The lowest BCUT2D eigenvalue weighted by Gasteiger charge is -2.15. The first-order chi connectivity index (χ1) is 14.8. The summed E-state index contributed by atoms with van der Waals surface area (Å²) in [6.45, 7) is 2.01. The fraction of sp³-hybridized carbons (Fsp3) is 0.381. The minimum Gasteiger partial charge on any atom is -0.341 e. The lowest BCUT2D eigenvalue weighted by atomic mass is 10.0. The molecule has 3 aromatic rings. The second-order valence-corrected chi connectivity index (χ2v) is 11.1.